The molecule has 0 radical (unpaired) electrons. The van der Waals surface area contributed by atoms with Gasteiger partial charge in [-0.1, -0.05) is 25.7 Å². The second kappa shape index (κ2) is 6.97. The maximum absolute atomic E-state index is 10.4. The summed E-state index contributed by atoms with van der Waals surface area (Å²) in [6.45, 7) is 2.57. The summed E-state index contributed by atoms with van der Waals surface area (Å²) in [6.07, 6.45) is 7.17. The zero-order valence-corrected chi connectivity index (χ0v) is 10.7. The zero-order chi connectivity index (χ0) is 12.7. The number of rotatable bonds is 6. The fourth-order valence-electron chi connectivity index (χ4n) is 2.37. The van der Waals surface area contributed by atoms with Crippen LogP contribution in [0.3, 0.4) is 0 Å². The summed E-state index contributed by atoms with van der Waals surface area (Å²) >= 11 is 0. The number of carboxylic acid groups (broad SMARTS) is 1. The van der Waals surface area contributed by atoms with E-state index in [2.05, 4.69) is 5.32 Å². The van der Waals surface area contributed by atoms with Crippen molar-refractivity contribution < 1.29 is 15.0 Å². The lowest BCUT2D eigenvalue weighted by molar-refractivity contribution is -0.137. The van der Waals surface area contributed by atoms with E-state index < -0.39 is 11.6 Å². The number of aliphatic hydroxyl groups is 1. The lowest BCUT2D eigenvalue weighted by Crippen LogP contribution is -2.43. The molecule has 1 aliphatic rings. The number of aliphatic carboxylic acids is 1. The minimum absolute atomic E-state index is 0.151. The molecule has 4 heteroatoms. The third-order valence-electron chi connectivity index (χ3n) is 3.61. The molecule has 0 spiro atoms. The van der Waals surface area contributed by atoms with Gasteiger partial charge in [-0.05, 0) is 26.2 Å². The van der Waals surface area contributed by atoms with Crippen LogP contribution in [0, 0.1) is 0 Å². The van der Waals surface area contributed by atoms with Crippen LogP contribution in [0.2, 0.25) is 0 Å². The summed E-state index contributed by atoms with van der Waals surface area (Å²) in [4.78, 5) is 10.4. The van der Waals surface area contributed by atoms with E-state index in [1.807, 2.05) is 6.92 Å². The van der Waals surface area contributed by atoms with Crippen LogP contribution in [0.1, 0.15) is 58.3 Å². The maximum atomic E-state index is 10.4. The van der Waals surface area contributed by atoms with Crippen molar-refractivity contribution in [1.82, 2.24) is 5.32 Å². The van der Waals surface area contributed by atoms with E-state index in [0.717, 1.165) is 25.7 Å². The first-order chi connectivity index (χ1) is 8.02. The summed E-state index contributed by atoms with van der Waals surface area (Å²) in [5.41, 5.74) is -0.575. The third-order valence-corrected chi connectivity index (χ3v) is 3.61. The number of carboxylic acids is 1. The maximum Gasteiger partial charge on any atom is 0.303 e. The van der Waals surface area contributed by atoms with E-state index in [1.54, 1.807) is 0 Å². The minimum Gasteiger partial charge on any atom is -0.481 e. The van der Waals surface area contributed by atoms with Crippen LogP contribution in [0.25, 0.3) is 0 Å². The molecule has 0 aliphatic heterocycles. The first-order valence-corrected chi connectivity index (χ1v) is 6.69. The Morgan fingerprint density at radius 3 is 2.41 bits per heavy atom. The van der Waals surface area contributed by atoms with Crippen molar-refractivity contribution in [2.75, 3.05) is 6.54 Å². The van der Waals surface area contributed by atoms with Gasteiger partial charge in [0.1, 0.15) is 0 Å². The highest BCUT2D eigenvalue weighted by atomic mass is 16.4. The lowest BCUT2D eigenvalue weighted by atomic mass is 9.94. The lowest BCUT2D eigenvalue weighted by Gasteiger charge is -2.28. The second-order valence-corrected chi connectivity index (χ2v) is 5.35. The van der Waals surface area contributed by atoms with E-state index in [9.17, 15) is 9.90 Å². The number of hydrogen-bond acceptors (Lipinski definition) is 3. The monoisotopic (exact) mass is 243 g/mol. The number of nitrogens with one attached hydrogen (secondary N) is 1. The average molecular weight is 243 g/mol. The molecule has 100 valence electrons. The van der Waals surface area contributed by atoms with Crippen molar-refractivity contribution >= 4 is 5.97 Å². The smallest absolute Gasteiger partial charge is 0.303 e. The first kappa shape index (κ1) is 14.5. The van der Waals surface area contributed by atoms with Crippen molar-refractivity contribution in [2.24, 2.45) is 0 Å². The molecule has 3 N–H and O–H groups in total. The fraction of sp³-hybridized carbons (Fsp3) is 0.923. The predicted octanol–water partition coefficient (Wildman–Crippen LogP) is 1.91. The van der Waals surface area contributed by atoms with Crippen LogP contribution in [0.5, 0.6) is 0 Å². The minimum atomic E-state index is -0.758. The van der Waals surface area contributed by atoms with Crippen molar-refractivity contribution in [3.05, 3.63) is 0 Å². The molecule has 1 aliphatic carbocycles. The Hall–Kier alpha value is -0.610. The van der Waals surface area contributed by atoms with Crippen LogP contribution < -0.4 is 5.32 Å². The molecular formula is C13H25NO3. The summed E-state index contributed by atoms with van der Waals surface area (Å²) in [5.74, 6) is -0.758. The largest absolute Gasteiger partial charge is 0.481 e. The number of carbonyl (C=O) groups is 1. The van der Waals surface area contributed by atoms with Gasteiger partial charge in [-0.15, -0.1) is 0 Å². The van der Waals surface area contributed by atoms with Gasteiger partial charge < -0.3 is 15.5 Å². The van der Waals surface area contributed by atoms with Crippen molar-refractivity contribution in [3.8, 4) is 0 Å². The van der Waals surface area contributed by atoms with E-state index in [4.69, 9.17) is 5.11 Å². The Kier molecular flexibility index (Phi) is 5.92. The van der Waals surface area contributed by atoms with Gasteiger partial charge in [-0.25, -0.2) is 0 Å². The van der Waals surface area contributed by atoms with Crippen molar-refractivity contribution in [1.29, 1.82) is 0 Å². The van der Waals surface area contributed by atoms with Gasteiger partial charge in [-0.2, -0.15) is 0 Å². The third kappa shape index (κ3) is 6.03. The molecule has 0 heterocycles. The second-order valence-electron chi connectivity index (χ2n) is 5.35. The van der Waals surface area contributed by atoms with Gasteiger partial charge in [0.2, 0.25) is 0 Å². The average Bonchev–Trinajstić information content (AvgIpc) is 2.49. The summed E-state index contributed by atoms with van der Waals surface area (Å²) < 4.78 is 0. The Morgan fingerprint density at radius 2 is 1.88 bits per heavy atom. The number of hydrogen-bond donors (Lipinski definition) is 3. The molecule has 0 aromatic heterocycles. The topological polar surface area (TPSA) is 69.6 Å². The van der Waals surface area contributed by atoms with Crippen LogP contribution >= 0.6 is 0 Å². The quantitative estimate of drug-likeness (QED) is 0.623. The molecule has 0 bridgehead atoms. The molecular weight excluding hydrogens is 218 g/mol. The Bertz CT molecular complexity index is 235. The van der Waals surface area contributed by atoms with Crippen molar-refractivity contribution in [3.63, 3.8) is 0 Å². The Balaban J connectivity index is 2.25. The van der Waals surface area contributed by atoms with Gasteiger partial charge in [0.25, 0.3) is 0 Å². The first-order valence-electron chi connectivity index (χ1n) is 6.69. The van der Waals surface area contributed by atoms with Crippen LogP contribution in [0.4, 0.5) is 0 Å². The summed E-state index contributed by atoms with van der Waals surface area (Å²) in [6, 6.07) is 0.151. The van der Waals surface area contributed by atoms with Crippen LogP contribution in [0.15, 0.2) is 0 Å². The molecule has 0 amide bonds. The van der Waals surface area contributed by atoms with E-state index in [1.165, 1.54) is 12.8 Å². The highest BCUT2D eigenvalue weighted by Crippen LogP contribution is 2.26. The molecule has 17 heavy (non-hydrogen) atoms. The van der Waals surface area contributed by atoms with Gasteiger partial charge >= 0.3 is 5.97 Å². The van der Waals surface area contributed by atoms with Crippen LogP contribution in [-0.4, -0.2) is 34.4 Å². The normalized spacial score (nSPS) is 21.8. The van der Waals surface area contributed by atoms with E-state index in [0.29, 0.717) is 13.0 Å². The molecule has 1 rings (SSSR count). The van der Waals surface area contributed by atoms with E-state index >= 15 is 0 Å². The molecule has 1 saturated carbocycles. The Labute approximate surface area is 103 Å². The predicted molar refractivity (Wildman–Crippen MR) is 67.0 cm³/mol. The molecule has 1 unspecified atom stereocenters. The molecule has 1 fully saturated rings. The van der Waals surface area contributed by atoms with Crippen molar-refractivity contribution in [2.45, 2.75) is 69.9 Å². The SMILES string of the molecule is CC(CCC(=O)O)NCC1(O)CCCCCC1. The summed E-state index contributed by atoms with van der Waals surface area (Å²) in [7, 11) is 0. The molecule has 0 aromatic carbocycles. The fourth-order valence-corrected chi connectivity index (χ4v) is 2.37. The Morgan fingerprint density at radius 1 is 1.29 bits per heavy atom. The van der Waals surface area contributed by atoms with Gasteiger partial charge in [-0.3, -0.25) is 4.79 Å². The highest BCUT2D eigenvalue weighted by molar-refractivity contribution is 5.66. The van der Waals surface area contributed by atoms with E-state index in [-0.39, 0.29) is 12.5 Å². The zero-order valence-electron chi connectivity index (χ0n) is 10.7. The van der Waals surface area contributed by atoms with Gasteiger partial charge in [0, 0.05) is 19.0 Å². The van der Waals surface area contributed by atoms with Crippen LogP contribution in [-0.2, 0) is 4.79 Å². The summed E-state index contributed by atoms with van der Waals surface area (Å²) in [5, 5.41) is 22.3. The van der Waals surface area contributed by atoms with Gasteiger partial charge in [0.15, 0.2) is 0 Å². The molecule has 0 aromatic rings. The molecule has 4 nitrogen and oxygen atoms in total. The standard InChI is InChI=1S/C13H25NO3/c1-11(6-7-12(15)16)14-10-13(17)8-4-2-3-5-9-13/h11,14,17H,2-10H2,1H3,(H,15,16). The molecule has 0 saturated heterocycles. The van der Waals surface area contributed by atoms with Gasteiger partial charge in [0.05, 0.1) is 5.60 Å². The molecule has 1 atom stereocenters. The highest BCUT2D eigenvalue weighted by Gasteiger charge is 2.27.